The number of sulfone groups is 1. The van der Waals surface area contributed by atoms with E-state index in [1.807, 2.05) is 0 Å². The summed E-state index contributed by atoms with van der Waals surface area (Å²) in [7, 11) is -3.32. The minimum absolute atomic E-state index is 0.0867. The highest BCUT2D eigenvalue weighted by Crippen LogP contribution is 2.39. The molecule has 142 valence electrons. The van der Waals surface area contributed by atoms with Crippen molar-refractivity contribution >= 4 is 21.7 Å². The van der Waals surface area contributed by atoms with Gasteiger partial charge in [-0.25, -0.2) is 8.42 Å². The van der Waals surface area contributed by atoms with Gasteiger partial charge in [0.2, 0.25) is 5.91 Å². The van der Waals surface area contributed by atoms with E-state index >= 15 is 0 Å². The third-order valence-corrected chi connectivity index (χ3v) is 6.47. The highest BCUT2D eigenvalue weighted by Gasteiger charge is 2.52. The number of amides is 2. The van der Waals surface area contributed by atoms with Crippen molar-refractivity contribution in [2.45, 2.75) is 36.1 Å². The number of nitrogens with zero attached hydrogens (tertiary/aromatic N) is 2. The first-order chi connectivity index (χ1) is 12.3. The quantitative estimate of drug-likeness (QED) is 0.829. The first kappa shape index (κ1) is 18.8. The highest BCUT2D eigenvalue weighted by molar-refractivity contribution is 7.90. The van der Waals surface area contributed by atoms with Gasteiger partial charge in [-0.15, -0.1) is 0 Å². The Balaban J connectivity index is 1.88. The molecule has 1 atom stereocenters. The molecule has 26 heavy (non-hydrogen) atoms. The lowest BCUT2D eigenvalue weighted by atomic mass is 9.85. The van der Waals surface area contributed by atoms with Gasteiger partial charge in [0.1, 0.15) is 5.54 Å². The van der Waals surface area contributed by atoms with E-state index in [1.54, 1.807) is 9.80 Å². The van der Waals surface area contributed by atoms with Crippen LogP contribution in [0.2, 0.25) is 0 Å². The number of aliphatic hydroxyl groups excluding tert-OH is 1. The standard InChI is InChI=1S/C18H24N2O5S/c1-26(24,25)15-6-4-14(5-7-15)16(22)20-11-3-9-18(20)8-2-10-19(12-13-21)17(18)23/h4-7,21H,2-3,8-13H2,1H3. The minimum atomic E-state index is -3.32. The number of hydrogen-bond acceptors (Lipinski definition) is 5. The summed E-state index contributed by atoms with van der Waals surface area (Å²) in [6.07, 6.45) is 3.92. The normalized spacial score (nSPS) is 23.7. The Morgan fingerprint density at radius 2 is 1.77 bits per heavy atom. The molecule has 1 aromatic carbocycles. The van der Waals surface area contributed by atoms with Crippen molar-refractivity contribution in [3.63, 3.8) is 0 Å². The summed E-state index contributed by atoms with van der Waals surface area (Å²) in [5, 5.41) is 9.19. The van der Waals surface area contributed by atoms with E-state index in [0.29, 0.717) is 31.5 Å². The van der Waals surface area contributed by atoms with Gasteiger partial charge in [0.25, 0.3) is 5.91 Å². The molecule has 1 spiro atoms. The smallest absolute Gasteiger partial charge is 0.254 e. The van der Waals surface area contributed by atoms with Gasteiger partial charge < -0.3 is 14.9 Å². The molecular weight excluding hydrogens is 356 g/mol. The van der Waals surface area contributed by atoms with Crippen LogP contribution < -0.4 is 0 Å². The Morgan fingerprint density at radius 1 is 1.15 bits per heavy atom. The molecule has 7 nitrogen and oxygen atoms in total. The summed E-state index contributed by atoms with van der Waals surface area (Å²) in [6, 6.07) is 5.85. The second kappa shape index (κ2) is 7.00. The van der Waals surface area contributed by atoms with E-state index in [0.717, 1.165) is 19.1 Å². The van der Waals surface area contributed by atoms with Gasteiger partial charge in [-0.05, 0) is 49.9 Å². The molecule has 2 aliphatic heterocycles. The van der Waals surface area contributed by atoms with Gasteiger partial charge in [0.15, 0.2) is 9.84 Å². The lowest BCUT2D eigenvalue weighted by Crippen LogP contribution is -2.61. The van der Waals surface area contributed by atoms with Crippen LogP contribution in [0.3, 0.4) is 0 Å². The van der Waals surface area contributed by atoms with E-state index in [1.165, 1.54) is 24.3 Å². The first-order valence-electron chi connectivity index (χ1n) is 8.82. The third kappa shape index (κ3) is 3.23. The van der Waals surface area contributed by atoms with Crippen LogP contribution in [0.15, 0.2) is 29.2 Å². The number of hydrogen-bond donors (Lipinski definition) is 1. The van der Waals surface area contributed by atoms with Crippen molar-refractivity contribution in [1.82, 2.24) is 9.80 Å². The Hall–Kier alpha value is -1.93. The van der Waals surface area contributed by atoms with Gasteiger partial charge in [0, 0.05) is 31.5 Å². The molecule has 0 aliphatic carbocycles. The molecule has 0 saturated carbocycles. The zero-order valence-electron chi connectivity index (χ0n) is 14.8. The van der Waals surface area contributed by atoms with Crippen LogP contribution >= 0.6 is 0 Å². The predicted molar refractivity (Wildman–Crippen MR) is 95.5 cm³/mol. The zero-order valence-corrected chi connectivity index (χ0v) is 15.7. The first-order valence-corrected chi connectivity index (χ1v) is 10.7. The number of carbonyl (C=O) groups is 2. The number of rotatable bonds is 4. The molecule has 0 bridgehead atoms. The molecule has 2 saturated heterocycles. The zero-order chi connectivity index (χ0) is 18.9. The second-order valence-corrected chi connectivity index (χ2v) is 9.02. The number of likely N-dealkylation sites (tertiary alicyclic amines) is 2. The molecule has 1 aromatic rings. The van der Waals surface area contributed by atoms with Gasteiger partial charge in [-0.2, -0.15) is 0 Å². The maximum absolute atomic E-state index is 13.0. The Bertz CT molecular complexity index is 803. The largest absolute Gasteiger partial charge is 0.395 e. The van der Waals surface area contributed by atoms with E-state index in [-0.39, 0.29) is 29.9 Å². The molecule has 2 fully saturated rings. The van der Waals surface area contributed by atoms with Crippen LogP contribution in [0.4, 0.5) is 0 Å². The van der Waals surface area contributed by atoms with Crippen LogP contribution in [-0.4, -0.2) is 73.2 Å². The number of β-amino-alcohol motifs (C(OH)–C–C–N with tert-alkyl or cyclic N) is 1. The van der Waals surface area contributed by atoms with E-state index < -0.39 is 15.4 Å². The summed E-state index contributed by atoms with van der Waals surface area (Å²) >= 11 is 0. The molecule has 2 heterocycles. The van der Waals surface area contributed by atoms with Crippen LogP contribution in [0.1, 0.15) is 36.0 Å². The van der Waals surface area contributed by atoms with Crippen molar-refractivity contribution in [2.75, 3.05) is 32.5 Å². The average Bonchev–Trinajstić information content (AvgIpc) is 3.02. The number of piperidine rings is 1. The fourth-order valence-electron chi connectivity index (χ4n) is 4.06. The Labute approximate surface area is 153 Å². The van der Waals surface area contributed by atoms with Gasteiger partial charge in [-0.3, -0.25) is 9.59 Å². The number of benzene rings is 1. The van der Waals surface area contributed by atoms with Crippen molar-refractivity contribution in [1.29, 1.82) is 0 Å². The summed E-state index contributed by atoms with van der Waals surface area (Å²) in [5.41, 5.74) is -0.453. The van der Waals surface area contributed by atoms with Crippen molar-refractivity contribution in [2.24, 2.45) is 0 Å². The van der Waals surface area contributed by atoms with Crippen LogP contribution in [0, 0.1) is 0 Å². The molecule has 0 aromatic heterocycles. The van der Waals surface area contributed by atoms with Crippen molar-refractivity contribution in [3.05, 3.63) is 29.8 Å². The van der Waals surface area contributed by atoms with Gasteiger partial charge in [0.05, 0.1) is 11.5 Å². The Kier molecular flexibility index (Phi) is 5.07. The minimum Gasteiger partial charge on any atom is -0.395 e. The van der Waals surface area contributed by atoms with Crippen LogP contribution in [0.25, 0.3) is 0 Å². The van der Waals surface area contributed by atoms with Gasteiger partial charge >= 0.3 is 0 Å². The monoisotopic (exact) mass is 380 g/mol. The maximum atomic E-state index is 13.0. The molecule has 0 radical (unpaired) electrons. The van der Waals surface area contributed by atoms with E-state index in [9.17, 15) is 23.1 Å². The lowest BCUT2D eigenvalue weighted by molar-refractivity contribution is -0.146. The SMILES string of the molecule is CS(=O)(=O)c1ccc(C(=O)N2CCCC23CCCN(CCO)C3=O)cc1. The molecule has 1 N–H and O–H groups in total. The van der Waals surface area contributed by atoms with Crippen LogP contribution in [-0.2, 0) is 14.6 Å². The summed E-state index contributed by atoms with van der Waals surface area (Å²) in [4.78, 5) is 29.5. The summed E-state index contributed by atoms with van der Waals surface area (Å²) in [5.74, 6) is -0.335. The molecular formula is C18H24N2O5S. The van der Waals surface area contributed by atoms with Gasteiger partial charge in [-0.1, -0.05) is 0 Å². The molecule has 2 aliphatic rings. The molecule has 8 heteroatoms. The van der Waals surface area contributed by atoms with Crippen molar-refractivity contribution in [3.8, 4) is 0 Å². The molecule has 2 amide bonds. The molecule has 3 rings (SSSR count). The third-order valence-electron chi connectivity index (χ3n) is 5.34. The van der Waals surface area contributed by atoms with E-state index in [2.05, 4.69) is 0 Å². The van der Waals surface area contributed by atoms with Crippen molar-refractivity contribution < 1.29 is 23.1 Å². The van der Waals surface area contributed by atoms with Crippen LogP contribution in [0.5, 0.6) is 0 Å². The second-order valence-electron chi connectivity index (χ2n) is 7.01. The number of carbonyl (C=O) groups excluding carboxylic acids is 2. The fraction of sp³-hybridized carbons (Fsp3) is 0.556. The topological polar surface area (TPSA) is 95.0 Å². The average molecular weight is 380 g/mol. The number of aliphatic hydroxyl groups is 1. The maximum Gasteiger partial charge on any atom is 0.254 e. The highest BCUT2D eigenvalue weighted by atomic mass is 32.2. The summed E-state index contributed by atoms with van der Waals surface area (Å²) < 4.78 is 23.2. The predicted octanol–water partition coefficient (Wildman–Crippen LogP) is 0.680. The summed E-state index contributed by atoms with van der Waals surface area (Å²) in [6.45, 7) is 1.30. The fourth-order valence-corrected chi connectivity index (χ4v) is 4.69. The lowest BCUT2D eigenvalue weighted by Gasteiger charge is -2.44. The Morgan fingerprint density at radius 3 is 2.35 bits per heavy atom. The molecule has 1 unspecified atom stereocenters. The van der Waals surface area contributed by atoms with E-state index in [4.69, 9.17) is 0 Å².